The molecule has 0 amide bonds. The van der Waals surface area contributed by atoms with E-state index in [9.17, 15) is 0 Å². The summed E-state index contributed by atoms with van der Waals surface area (Å²) in [6, 6.07) is 26.7. The first kappa shape index (κ1) is 33.5. The molecule has 0 saturated heterocycles. The van der Waals surface area contributed by atoms with Crippen LogP contribution in [-0.2, 0) is 0 Å². The van der Waals surface area contributed by atoms with Gasteiger partial charge in [-0.3, -0.25) is 0 Å². The van der Waals surface area contributed by atoms with Crippen LogP contribution in [0.4, 0.5) is 22.7 Å². The van der Waals surface area contributed by atoms with Crippen molar-refractivity contribution in [2.75, 3.05) is 0 Å². The number of hydrogen-bond donors (Lipinski definition) is 0. The molecule has 0 spiro atoms. The van der Waals surface area contributed by atoms with Crippen molar-refractivity contribution in [3.05, 3.63) is 84.9 Å². The van der Waals surface area contributed by atoms with Crippen LogP contribution >= 0.6 is 0 Å². The Bertz CT molecular complexity index is 697. The third kappa shape index (κ3) is 16.6. The molecule has 4 nitrogen and oxygen atoms in total. The first-order valence-corrected chi connectivity index (χ1v) is 11.9. The van der Waals surface area contributed by atoms with Crippen LogP contribution in [0.1, 0.15) is 69.2 Å². The van der Waals surface area contributed by atoms with Gasteiger partial charge in [0.1, 0.15) is 0 Å². The van der Waals surface area contributed by atoms with Crippen molar-refractivity contribution >= 4 is 22.7 Å². The number of azo groups is 2. The third-order valence-corrected chi connectivity index (χ3v) is 2.92. The second-order valence-electron chi connectivity index (χ2n) is 4.59. The van der Waals surface area contributed by atoms with Crippen LogP contribution in [0, 0.1) is 0 Å². The van der Waals surface area contributed by atoms with E-state index < -0.39 is 0 Å². The Labute approximate surface area is 197 Å². The molecule has 0 aromatic heterocycles. The van der Waals surface area contributed by atoms with Gasteiger partial charge in [0.25, 0.3) is 0 Å². The van der Waals surface area contributed by atoms with Crippen LogP contribution in [0.5, 0.6) is 0 Å². The molecular formula is C28H44N4. The van der Waals surface area contributed by atoms with Gasteiger partial charge in [0.05, 0.1) is 22.7 Å². The van der Waals surface area contributed by atoms with Crippen molar-refractivity contribution in [3.8, 4) is 0 Å². The topological polar surface area (TPSA) is 49.4 Å². The largest absolute Gasteiger partial charge is 0.151 e. The molecule has 0 radical (unpaired) electrons. The fraction of sp³-hybridized carbons (Fsp3) is 0.357. The quantitative estimate of drug-likeness (QED) is 0.365. The summed E-state index contributed by atoms with van der Waals surface area (Å²) >= 11 is 0. The van der Waals surface area contributed by atoms with Gasteiger partial charge in [-0.25, -0.2) is 0 Å². The Balaban J connectivity index is -0.000000744. The van der Waals surface area contributed by atoms with E-state index in [2.05, 4.69) is 20.5 Å². The van der Waals surface area contributed by atoms with Gasteiger partial charge in [-0.05, 0) is 48.5 Å². The molecule has 3 aromatic carbocycles. The van der Waals surface area contributed by atoms with Gasteiger partial charge < -0.3 is 0 Å². The van der Waals surface area contributed by atoms with Crippen molar-refractivity contribution in [2.24, 2.45) is 20.5 Å². The average Bonchev–Trinajstić information content (AvgIpc) is 2.94. The summed E-state index contributed by atoms with van der Waals surface area (Å²) in [6.07, 6.45) is 0. The maximum absolute atomic E-state index is 4.19. The van der Waals surface area contributed by atoms with Crippen LogP contribution in [0.3, 0.4) is 0 Å². The van der Waals surface area contributed by atoms with Gasteiger partial charge in [0.15, 0.2) is 0 Å². The van der Waals surface area contributed by atoms with Gasteiger partial charge in [0.2, 0.25) is 0 Å². The fourth-order valence-corrected chi connectivity index (χ4v) is 1.81. The van der Waals surface area contributed by atoms with Crippen molar-refractivity contribution in [3.63, 3.8) is 0 Å². The normalized spacial score (nSPS) is 8.69. The van der Waals surface area contributed by atoms with Gasteiger partial charge in [0, 0.05) is 0 Å². The molecule has 0 atom stereocenters. The lowest BCUT2D eigenvalue weighted by atomic mass is 10.3. The summed E-state index contributed by atoms with van der Waals surface area (Å²) in [5.74, 6) is 0. The molecule has 0 unspecified atom stereocenters. The zero-order valence-electron chi connectivity index (χ0n) is 21.9. The van der Waals surface area contributed by atoms with E-state index in [1.54, 1.807) is 0 Å². The predicted molar refractivity (Wildman–Crippen MR) is 144 cm³/mol. The van der Waals surface area contributed by atoms with Crippen LogP contribution < -0.4 is 0 Å². The highest BCUT2D eigenvalue weighted by Crippen LogP contribution is 2.23. The second kappa shape index (κ2) is 27.9. The molecular weight excluding hydrogens is 392 g/mol. The molecule has 0 aliphatic heterocycles. The van der Waals surface area contributed by atoms with Crippen LogP contribution in [0.25, 0.3) is 0 Å². The molecule has 0 saturated carbocycles. The van der Waals surface area contributed by atoms with Crippen LogP contribution in [0.15, 0.2) is 105 Å². The third-order valence-electron chi connectivity index (χ3n) is 2.92. The lowest BCUT2D eigenvalue weighted by molar-refractivity contribution is 1.21. The summed E-state index contributed by atoms with van der Waals surface area (Å²) in [7, 11) is 0. The summed E-state index contributed by atoms with van der Waals surface area (Å²) < 4.78 is 0. The monoisotopic (exact) mass is 436 g/mol. The van der Waals surface area contributed by atoms with Crippen molar-refractivity contribution in [2.45, 2.75) is 69.2 Å². The predicted octanol–water partition coefficient (Wildman–Crippen LogP) is 11.6. The molecule has 0 fully saturated rings. The molecule has 0 N–H and O–H groups in total. The highest BCUT2D eigenvalue weighted by molar-refractivity contribution is 5.48. The van der Waals surface area contributed by atoms with Gasteiger partial charge in [-0.1, -0.05) is 106 Å². The number of benzene rings is 3. The first-order valence-electron chi connectivity index (χ1n) is 11.9. The average molecular weight is 437 g/mol. The Morgan fingerprint density at radius 2 is 0.469 bits per heavy atom. The molecule has 3 rings (SSSR count). The van der Waals surface area contributed by atoms with Gasteiger partial charge >= 0.3 is 0 Å². The highest BCUT2D eigenvalue weighted by atomic mass is 15.1. The van der Waals surface area contributed by atoms with Crippen molar-refractivity contribution < 1.29 is 0 Å². The molecule has 4 heteroatoms. The highest BCUT2D eigenvalue weighted by Gasteiger charge is 1.93. The van der Waals surface area contributed by atoms with E-state index >= 15 is 0 Å². The lowest BCUT2D eigenvalue weighted by Crippen LogP contribution is -1.66. The van der Waals surface area contributed by atoms with Gasteiger partial charge in [-0.2, -0.15) is 20.5 Å². The van der Waals surface area contributed by atoms with E-state index in [0.717, 1.165) is 22.7 Å². The second-order valence-corrected chi connectivity index (χ2v) is 4.59. The SMILES string of the molecule is CC.CC.CC.CC.CC.c1ccc(N=Nc2ccc(N=Nc3ccccc3)cc2)cc1. The molecule has 176 valence electrons. The van der Waals surface area contributed by atoms with Crippen molar-refractivity contribution in [1.82, 2.24) is 0 Å². The van der Waals surface area contributed by atoms with Crippen LogP contribution in [0.2, 0.25) is 0 Å². The summed E-state index contributed by atoms with van der Waals surface area (Å²) in [5, 5.41) is 16.7. The zero-order valence-corrected chi connectivity index (χ0v) is 21.9. The summed E-state index contributed by atoms with van der Waals surface area (Å²) in [5.41, 5.74) is 3.22. The smallest absolute Gasteiger partial charge is 0.0858 e. The molecule has 0 aliphatic carbocycles. The standard InChI is InChI=1S/C18H14N4.5C2H6/c1-3-7-15(8-4-1)19-21-17-11-13-18(14-12-17)22-20-16-9-5-2-6-10-16;5*1-2/h1-14H;5*1-2H3. The Morgan fingerprint density at radius 3 is 0.688 bits per heavy atom. The van der Waals surface area contributed by atoms with E-state index in [-0.39, 0.29) is 0 Å². The minimum Gasteiger partial charge on any atom is -0.151 e. The number of rotatable bonds is 4. The van der Waals surface area contributed by atoms with E-state index in [0.29, 0.717) is 0 Å². The van der Waals surface area contributed by atoms with Crippen LogP contribution in [-0.4, -0.2) is 0 Å². The fourth-order valence-electron chi connectivity index (χ4n) is 1.81. The Kier molecular flexibility index (Phi) is 29.2. The van der Waals surface area contributed by atoms with E-state index in [1.807, 2.05) is 154 Å². The molecule has 0 heterocycles. The van der Waals surface area contributed by atoms with Gasteiger partial charge in [-0.15, -0.1) is 0 Å². The number of nitrogens with zero attached hydrogens (tertiary/aromatic N) is 4. The molecule has 0 bridgehead atoms. The van der Waals surface area contributed by atoms with E-state index in [1.165, 1.54) is 0 Å². The maximum Gasteiger partial charge on any atom is 0.0858 e. The van der Waals surface area contributed by atoms with Crippen molar-refractivity contribution in [1.29, 1.82) is 0 Å². The Morgan fingerprint density at radius 1 is 0.281 bits per heavy atom. The summed E-state index contributed by atoms with van der Waals surface area (Å²) in [6.45, 7) is 20.0. The minimum atomic E-state index is 0.780. The lowest BCUT2D eigenvalue weighted by Gasteiger charge is -1.95. The first-order chi connectivity index (χ1) is 15.9. The molecule has 0 aliphatic rings. The minimum absolute atomic E-state index is 0.780. The summed E-state index contributed by atoms with van der Waals surface area (Å²) in [4.78, 5) is 0. The Hall–Kier alpha value is -3.14. The number of hydrogen-bond acceptors (Lipinski definition) is 4. The zero-order chi connectivity index (χ0) is 25.0. The van der Waals surface area contributed by atoms with E-state index in [4.69, 9.17) is 0 Å². The molecule has 3 aromatic rings. The molecule has 32 heavy (non-hydrogen) atoms. The maximum atomic E-state index is 4.19.